The van der Waals surface area contributed by atoms with Gasteiger partial charge < -0.3 is 18.6 Å². The predicted octanol–water partition coefficient (Wildman–Crippen LogP) is 4.19. The smallest absolute Gasteiger partial charge is 0.277 e. The van der Waals surface area contributed by atoms with Gasteiger partial charge in [-0.2, -0.15) is 0 Å². The summed E-state index contributed by atoms with van der Waals surface area (Å²) in [5, 5.41) is 8.46. The Bertz CT molecular complexity index is 901. The van der Waals surface area contributed by atoms with Crippen LogP contribution in [0.4, 0.5) is 4.39 Å². The quantitative estimate of drug-likeness (QED) is 0.573. The first kappa shape index (κ1) is 18.1. The number of methoxy groups -OCH3 is 3. The SMILES string of the molecule is COc1ccc(CSc2nnc(-c3ccc(OC)c(OC)c3)o2)cc1F. The molecule has 0 aliphatic rings. The second kappa shape index (κ2) is 8.09. The van der Waals surface area contributed by atoms with Crippen LogP contribution in [-0.2, 0) is 5.75 Å². The number of ether oxygens (including phenoxy) is 3. The number of thioether (sulfide) groups is 1. The van der Waals surface area contributed by atoms with E-state index >= 15 is 0 Å². The normalized spacial score (nSPS) is 10.6. The third-order valence-electron chi connectivity index (χ3n) is 3.62. The highest BCUT2D eigenvalue weighted by atomic mass is 32.2. The molecular formula is C18H17FN2O4S. The van der Waals surface area contributed by atoms with Gasteiger partial charge in [-0.25, -0.2) is 4.39 Å². The average molecular weight is 376 g/mol. The van der Waals surface area contributed by atoms with Gasteiger partial charge in [-0.15, -0.1) is 10.2 Å². The van der Waals surface area contributed by atoms with Crippen molar-refractivity contribution in [2.45, 2.75) is 11.0 Å². The maximum Gasteiger partial charge on any atom is 0.277 e. The van der Waals surface area contributed by atoms with Crippen molar-refractivity contribution in [3.05, 3.63) is 47.8 Å². The van der Waals surface area contributed by atoms with Crippen LogP contribution in [0.15, 0.2) is 46.0 Å². The van der Waals surface area contributed by atoms with Crippen LogP contribution in [0.5, 0.6) is 17.2 Å². The minimum Gasteiger partial charge on any atom is -0.494 e. The molecule has 0 amide bonds. The van der Waals surface area contributed by atoms with Crippen LogP contribution in [0, 0.1) is 5.82 Å². The molecule has 0 aliphatic heterocycles. The predicted molar refractivity (Wildman–Crippen MR) is 95.4 cm³/mol. The highest BCUT2D eigenvalue weighted by Crippen LogP contribution is 2.33. The number of halogens is 1. The van der Waals surface area contributed by atoms with Crippen LogP contribution in [0.3, 0.4) is 0 Å². The van der Waals surface area contributed by atoms with E-state index in [0.717, 1.165) is 11.1 Å². The molecule has 1 aromatic heterocycles. The zero-order chi connectivity index (χ0) is 18.5. The summed E-state index contributed by atoms with van der Waals surface area (Å²) in [5.41, 5.74) is 1.51. The maximum atomic E-state index is 13.7. The summed E-state index contributed by atoms with van der Waals surface area (Å²) < 4.78 is 34.8. The van der Waals surface area contributed by atoms with Gasteiger partial charge in [-0.1, -0.05) is 17.8 Å². The minimum absolute atomic E-state index is 0.215. The number of nitrogens with zero attached hydrogens (tertiary/aromatic N) is 2. The van der Waals surface area contributed by atoms with E-state index in [2.05, 4.69) is 10.2 Å². The van der Waals surface area contributed by atoms with Crippen LogP contribution < -0.4 is 14.2 Å². The Hall–Kier alpha value is -2.74. The van der Waals surface area contributed by atoms with E-state index in [4.69, 9.17) is 18.6 Å². The van der Waals surface area contributed by atoms with Gasteiger partial charge >= 0.3 is 0 Å². The van der Waals surface area contributed by atoms with Crippen LogP contribution in [0.1, 0.15) is 5.56 Å². The number of hydrogen-bond donors (Lipinski definition) is 0. The van der Waals surface area contributed by atoms with Gasteiger partial charge in [0.05, 0.1) is 21.3 Å². The number of rotatable bonds is 7. The van der Waals surface area contributed by atoms with Crippen LogP contribution in [0.25, 0.3) is 11.5 Å². The summed E-state index contributed by atoms with van der Waals surface area (Å²) >= 11 is 1.33. The second-order valence-electron chi connectivity index (χ2n) is 5.20. The second-order valence-corrected chi connectivity index (χ2v) is 6.13. The third kappa shape index (κ3) is 3.91. The first-order valence-electron chi connectivity index (χ1n) is 7.65. The lowest BCUT2D eigenvalue weighted by atomic mass is 10.2. The molecule has 136 valence electrons. The molecule has 3 aromatic rings. The van der Waals surface area contributed by atoms with E-state index in [1.807, 2.05) is 6.07 Å². The van der Waals surface area contributed by atoms with Crippen molar-refractivity contribution < 1.29 is 23.0 Å². The first-order valence-corrected chi connectivity index (χ1v) is 8.64. The van der Waals surface area contributed by atoms with Crippen LogP contribution in [-0.4, -0.2) is 31.5 Å². The average Bonchev–Trinajstić information content (AvgIpc) is 3.15. The van der Waals surface area contributed by atoms with Crippen molar-refractivity contribution >= 4 is 11.8 Å². The largest absolute Gasteiger partial charge is 0.494 e. The van der Waals surface area contributed by atoms with Crippen molar-refractivity contribution in [3.8, 4) is 28.7 Å². The summed E-state index contributed by atoms with van der Waals surface area (Å²) in [6.07, 6.45) is 0. The summed E-state index contributed by atoms with van der Waals surface area (Å²) in [6.45, 7) is 0. The molecule has 0 unspecified atom stereocenters. The Labute approximate surface area is 154 Å². The van der Waals surface area contributed by atoms with Gasteiger partial charge in [0.25, 0.3) is 5.22 Å². The van der Waals surface area contributed by atoms with E-state index in [0.29, 0.717) is 28.4 Å². The van der Waals surface area contributed by atoms with E-state index in [1.54, 1.807) is 38.5 Å². The van der Waals surface area contributed by atoms with Crippen molar-refractivity contribution in [1.29, 1.82) is 0 Å². The van der Waals surface area contributed by atoms with E-state index in [1.165, 1.54) is 24.9 Å². The molecule has 1 heterocycles. The Morgan fingerprint density at radius 3 is 2.35 bits per heavy atom. The molecule has 0 radical (unpaired) electrons. The van der Waals surface area contributed by atoms with Crippen LogP contribution in [0.2, 0.25) is 0 Å². The molecule has 0 spiro atoms. The van der Waals surface area contributed by atoms with Gasteiger partial charge in [0.15, 0.2) is 23.1 Å². The molecule has 2 aromatic carbocycles. The van der Waals surface area contributed by atoms with Gasteiger partial charge in [0.2, 0.25) is 5.89 Å². The lowest BCUT2D eigenvalue weighted by Crippen LogP contribution is -1.90. The zero-order valence-electron chi connectivity index (χ0n) is 14.5. The molecule has 0 saturated carbocycles. The van der Waals surface area contributed by atoms with Crippen molar-refractivity contribution in [1.82, 2.24) is 10.2 Å². The summed E-state index contributed by atoms with van der Waals surface area (Å²) in [7, 11) is 4.56. The lowest BCUT2D eigenvalue weighted by molar-refractivity contribution is 0.355. The Kier molecular flexibility index (Phi) is 5.62. The molecule has 0 N–H and O–H groups in total. The fourth-order valence-electron chi connectivity index (χ4n) is 2.30. The molecule has 0 bridgehead atoms. The van der Waals surface area contributed by atoms with Crippen molar-refractivity contribution in [3.63, 3.8) is 0 Å². The maximum absolute atomic E-state index is 13.7. The number of aromatic nitrogens is 2. The molecular weight excluding hydrogens is 359 g/mol. The first-order chi connectivity index (χ1) is 12.6. The van der Waals surface area contributed by atoms with Crippen molar-refractivity contribution in [2.75, 3.05) is 21.3 Å². The topological polar surface area (TPSA) is 66.6 Å². The molecule has 3 rings (SSSR count). The third-order valence-corrected chi connectivity index (χ3v) is 4.51. The summed E-state index contributed by atoms with van der Waals surface area (Å²) in [6, 6.07) is 10.2. The molecule has 0 aliphatic carbocycles. The summed E-state index contributed by atoms with van der Waals surface area (Å²) in [4.78, 5) is 0. The molecule has 6 nitrogen and oxygen atoms in total. The molecule has 0 atom stereocenters. The van der Waals surface area contributed by atoms with E-state index in [9.17, 15) is 4.39 Å². The van der Waals surface area contributed by atoms with Gasteiger partial charge in [-0.3, -0.25) is 0 Å². The summed E-state index contributed by atoms with van der Waals surface area (Å²) in [5.74, 6) is 1.87. The highest BCUT2D eigenvalue weighted by molar-refractivity contribution is 7.98. The highest BCUT2D eigenvalue weighted by Gasteiger charge is 2.13. The lowest BCUT2D eigenvalue weighted by Gasteiger charge is -2.07. The Morgan fingerprint density at radius 1 is 0.923 bits per heavy atom. The standard InChI is InChI=1S/C18H17FN2O4S/c1-22-14-6-4-11(8-13(14)19)10-26-18-21-20-17(25-18)12-5-7-15(23-2)16(9-12)24-3/h4-9H,10H2,1-3H3. The molecule has 26 heavy (non-hydrogen) atoms. The fraction of sp³-hybridized carbons (Fsp3) is 0.222. The monoisotopic (exact) mass is 376 g/mol. The fourth-order valence-corrected chi connectivity index (χ4v) is 3.00. The Balaban J connectivity index is 1.71. The van der Waals surface area contributed by atoms with E-state index in [-0.39, 0.29) is 5.75 Å². The zero-order valence-corrected chi connectivity index (χ0v) is 15.3. The minimum atomic E-state index is -0.401. The van der Waals surface area contributed by atoms with E-state index < -0.39 is 5.82 Å². The van der Waals surface area contributed by atoms with Gasteiger partial charge in [0.1, 0.15) is 0 Å². The number of benzene rings is 2. The Morgan fingerprint density at radius 2 is 1.65 bits per heavy atom. The van der Waals surface area contributed by atoms with Crippen molar-refractivity contribution in [2.24, 2.45) is 0 Å². The number of hydrogen-bond acceptors (Lipinski definition) is 7. The van der Waals surface area contributed by atoms with Gasteiger partial charge in [0, 0.05) is 11.3 Å². The molecule has 0 saturated heterocycles. The molecule has 8 heteroatoms. The van der Waals surface area contributed by atoms with Crippen LogP contribution >= 0.6 is 11.8 Å². The van der Waals surface area contributed by atoms with Gasteiger partial charge in [-0.05, 0) is 35.9 Å². The molecule has 0 fully saturated rings.